The summed E-state index contributed by atoms with van der Waals surface area (Å²) in [6.45, 7) is 8.85. The van der Waals surface area contributed by atoms with Gasteiger partial charge in [0.15, 0.2) is 0 Å². The third-order valence-electron chi connectivity index (χ3n) is 6.52. The predicted molar refractivity (Wildman–Crippen MR) is 155 cm³/mol. The molecule has 5 aromatic carbocycles. The Bertz CT molecular complexity index is 1360. The van der Waals surface area contributed by atoms with E-state index < -0.39 is 0 Å². The van der Waals surface area contributed by atoms with Gasteiger partial charge in [-0.15, -0.1) is 5.56 Å². The zero-order valence-corrected chi connectivity index (χ0v) is 28.1. The summed E-state index contributed by atoms with van der Waals surface area (Å²) in [6, 6.07) is 45.9. The largest absolute Gasteiger partial charge is 0.179 e. The Morgan fingerprint density at radius 3 is 1.79 bits per heavy atom. The number of hydrogen-bond donors (Lipinski definition) is 0. The average Bonchev–Trinajstić information content (AvgIpc) is 3.54. The van der Waals surface area contributed by atoms with Crippen molar-refractivity contribution in [3.05, 3.63) is 161 Å². The molecule has 0 bridgehead atoms. The van der Waals surface area contributed by atoms with Crippen molar-refractivity contribution in [2.45, 2.75) is 39.5 Å². The van der Waals surface area contributed by atoms with Crippen LogP contribution in [0.5, 0.6) is 0 Å². The maximum absolute atomic E-state index is 3.30. The van der Waals surface area contributed by atoms with Crippen LogP contribution in [0, 0.1) is 13.0 Å². The van der Waals surface area contributed by atoms with E-state index in [4.69, 9.17) is 0 Å². The summed E-state index contributed by atoms with van der Waals surface area (Å²) in [4.78, 5) is 0. The summed E-state index contributed by atoms with van der Waals surface area (Å²) in [5.74, 6) is 0. The van der Waals surface area contributed by atoms with E-state index in [0.29, 0.717) is 5.41 Å². The molecule has 198 valence electrons. The molecule has 3 heteroatoms. The third-order valence-corrected chi connectivity index (χ3v) is 8.59. The number of aryl methyl sites for hydroxylation is 1. The van der Waals surface area contributed by atoms with Gasteiger partial charge < -0.3 is 24.8 Å². The van der Waals surface area contributed by atoms with Gasteiger partial charge in [-0.05, 0) is 6.42 Å². The van der Waals surface area contributed by atoms with E-state index in [9.17, 15) is 0 Å². The Morgan fingerprint density at radius 1 is 0.744 bits per heavy atom. The van der Waals surface area contributed by atoms with Crippen LogP contribution in [0.25, 0.3) is 11.1 Å². The minimum Gasteiger partial charge on any atom is -0.179 e. The first-order chi connectivity index (χ1) is 17.8. The second-order valence-electron chi connectivity index (χ2n) is 10.4. The predicted octanol–water partition coefficient (Wildman–Crippen LogP) is 2.88. The molecule has 0 unspecified atom stereocenters. The standard InChI is InChI=1S/C13H9.C13H10.C10H15.2ClH.Hf/c1-3-7-12-10(5-1)9-11-6-2-4-8-13(11)12;1-3-7-12(8-4-1)11-13-9-5-2-6-10-13;1-8-5-6-9(7-8)10(2,3)4;;;/h1-5,7-8H,9H2;1-10H;5-7H,1-4H3;2*1H;/q-1;;-1;;;+2/p-2. The van der Waals surface area contributed by atoms with Crippen LogP contribution >= 0.6 is 0 Å². The molecule has 0 heterocycles. The van der Waals surface area contributed by atoms with Crippen molar-refractivity contribution >= 4 is 3.26 Å². The molecule has 0 saturated heterocycles. The fourth-order valence-corrected chi connectivity index (χ4v) is 5.60. The van der Waals surface area contributed by atoms with Crippen molar-refractivity contribution in [2.75, 3.05) is 0 Å². The van der Waals surface area contributed by atoms with E-state index in [1.807, 2.05) is 6.07 Å². The van der Waals surface area contributed by atoms with Crippen LogP contribution in [0.1, 0.15) is 54.2 Å². The smallest absolute Gasteiger partial charge is 0.0253 e. The summed E-state index contributed by atoms with van der Waals surface area (Å²) >= 11 is 1.08. The van der Waals surface area contributed by atoms with Crippen LogP contribution < -0.4 is 24.8 Å². The van der Waals surface area contributed by atoms with Gasteiger partial charge in [0.2, 0.25) is 0 Å². The second kappa shape index (κ2) is 15.4. The van der Waals surface area contributed by atoms with Gasteiger partial charge in [0, 0.05) is 0 Å². The Hall–Kier alpha value is -2.45. The third kappa shape index (κ3) is 9.04. The molecule has 0 fully saturated rings. The molecule has 0 radical (unpaired) electrons. The molecule has 0 atom stereocenters. The molecule has 0 aromatic heterocycles. The van der Waals surface area contributed by atoms with Gasteiger partial charge in [-0.1, -0.05) is 68.5 Å². The normalized spacial score (nSPS) is 10.7. The molecule has 0 aliphatic heterocycles. The topological polar surface area (TPSA) is 0 Å². The molecule has 39 heavy (non-hydrogen) atoms. The monoisotopic (exact) mass is 716 g/mol. The van der Waals surface area contributed by atoms with Crippen molar-refractivity contribution in [3.63, 3.8) is 0 Å². The van der Waals surface area contributed by atoms with Crippen molar-refractivity contribution < 1.29 is 48.7 Å². The van der Waals surface area contributed by atoms with Crippen LogP contribution in [0.4, 0.5) is 0 Å². The summed E-state index contributed by atoms with van der Waals surface area (Å²) < 4.78 is 1.46. The first kappa shape index (κ1) is 32.8. The maximum atomic E-state index is 3.30. The Morgan fingerprint density at radius 2 is 1.28 bits per heavy atom. The number of fused-ring (bicyclic) bond motifs is 3. The molecule has 0 spiro atoms. The number of rotatable bonds is 2. The van der Waals surface area contributed by atoms with Crippen LogP contribution in [-0.2, 0) is 35.7 Å². The number of benzene rings is 4. The second-order valence-corrected chi connectivity index (χ2v) is 12.2. The van der Waals surface area contributed by atoms with Crippen molar-refractivity contribution in [1.82, 2.24) is 0 Å². The zero-order valence-electron chi connectivity index (χ0n) is 23.0. The first-order valence-electron chi connectivity index (χ1n) is 12.8. The molecule has 1 aliphatic carbocycles. The van der Waals surface area contributed by atoms with Gasteiger partial charge in [-0.2, -0.15) is 53.1 Å². The van der Waals surface area contributed by atoms with Crippen molar-refractivity contribution in [3.8, 4) is 11.1 Å². The van der Waals surface area contributed by atoms with Gasteiger partial charge >= 0.3 is 98.9 Å². The molecule has 0 saturated carbocycles. The Balaban J connectivity index is 0.000000203. The summed E-state index contributed by atoms with van der Waals surface area (Å²) in [6.07, 6.45) is 1.05. The van der Waals surface area contributed by atoms with E-state index in [0.717, 1.165) is 30.3 Å². The molecule has 1 aliphatic rings. The minimum absolute atomic E-state index is 0. The molecular formula is C36H34Cl2Hf-2. The molecule has 5 aromatic rings. The van der Waals surface area contributed by atoms with Crippen LogP contribution in [0.15, 0.2) is 121 Å². The fraction of sp³-hybridized carbons (Fsp3) is 0.167. The van der Waals surface area contributed by atoms with E-state index in [-0.39, 0.29) is 24.8 Å². The molecule has 0 N–H and O–H groups in total. The average molecular weight is 716 g/mol. The summed E-state index contributed by atoms with van der Waals surface area (Å²) in [7, 11) is 0. The van der Waals surface area contributed by atoms with Crippen molar-refractivity contribution in [2.24, 2.45) is 0 Å². The maximum Gasteiger partial charge on any atom is -0.0253 e. The molecule has 6 rings (SSSR count). The van der Waals surface area contributed by atoms with Crippen LogP contribution in [-0.4, -0.2) is 3.26 Å². The Kier molecular flexibility index (Phi) is 12.9. The van der Waals surface area contributed by atoms with E-state index in [1.54, 1.807) is 0 Å². The van der Waals surface area contributed by atoms with E-state index in [1.165, 1.54) is 47.8 Å². The quantitative estimate of drug-likeness (QED) is 0.191. The van der Waals surface area contributed by atoms with Gasteiger partial charge in [-0.25, -0.2) is 6.07 Å². The van der Waals surface area contributed by atoms with Gasteiger partial charge in [-0.3, -0.25) is 0 Å². The van der Waals surface area contributed by atoms with Gasteiger partial charge in [0.1, 0.15) is 0 Å². The first-order valence-corrected chi connectivity index (χ1v) is 14.6. The molecular weight excluding hydrogens is 682 g/mol. The van der Waals surface area contributed by atoms with Crippen molar-refractivity contribution in [1.29, 1.82) is 0 Å². The van der Waals surface area contributed by atoms with E-state index in [2.05, 4.69) is 149 Å². The van der Waals surface area contributed by atoms with Crippen LogP contribution in [0.2, 0.25) is 0 Å². The SMILES string of the molecule is Cc1cc(C(C)(C)C)c[cH-]1.[Cl-].[Cl-].[Hf+2]=[C](c1ccccc1)c1ccccc1.[c-]1cccc2c1Cc1ccccc1-2. The zero-order chi connectivity index (χ0) is 26.3. The minimum atomic E-state index is 0. The number of hydrogen-bond acceptors (Lipinski definition) is 0. The fourth-order valence-electron chi connectivity index (χ4n) is 4.40. The number of halogens is 2. The Labute approximate surface area is 261 Å². The van der Waals surface area contributed by atoms with E-state index >= 15 is 0 Å². The molecule has 0 nitrogen and oxygen atoms in total. The molecule has 0 amide bonds. The van der Waals surface area contributed by atoms with Crippen LogP contribution in [0.3, 0.4) is 0 Å². The van der Waals surface area contributed by atoms with Gasteiger partial charge in [0.05, 0.1) is 0 Å². The van der Waals surface area contributed by atoms with Gasteiger partial charge in [0.25, 0.3) is 0 Å². The summed E-state index contributed by atoms with van der Waals surface area (Å²) in [5, 5.41) is 0. The summed E-state index contributed by atoms with van der Waals surface area (Å²) in [5.41, 5.74) is 11.3.